The van der Waals surface area contributed by atoms with Crippen molar-refractivity contribution in [3.8, 4) is 0 Å². The molecule has 0 unspecified atom stereocenters. The van der Waals surface area contributed by atoms with Gasteiger partial charge in [-0.25, -0.2) is 0 Å². The van der Waals surface area contributed by atoms with Gasteiger partial charge < -0.3 is 0 Å². The highest BCUT2D eigenvalue weighted by Crippen LogP contribution is 2.15. The van der Waals surface area contributed by atoms with E-state index in [1.807, 2.05) is 36.7 Å². The minimum absolute atomic E-state index is 0.881. The summed E-state index contributed by atoms with van der Waals surface area (Å²) in [6.07, 6.45) is 6.51. The molecular formula is C15H12N2. The van der Waals surface area contributed by atoms with E-state index in [9.17, 15) is 0 Å². The molecule has 17 heavy (non-hydrogen) atoms. The van der Waals surface area contributed by atoms with Gasteiger partial charge in [0.15, 0.2) is 0 Å². The fourth-order valence-corrected chi connectivity index (χ4v) is 1.95. The van der Waals surface area contributed by atoms with E-state index in [2.05, 4.69) is 28.2 Å². The molecule has 0 bridgehead atoms. The highest BCUT2D eigenvalue weighted by Gasteiger charge is 1.99. The average molecular weight is 220 g/mol. The van der Waals surface area contributed by atoms with Gasteiger partial charge >= 0.3 is 0 Å². The van der Waals surface area contributed by atoms with Crippen LogP contribution in [0.3, 0.4) is 0 Å². The van der Waals surface area contributed by atoms with Gasteiger partial charge in [0.1, 0.15) is 0 Å². The molecule has 0 saturated heterocycles. The fourth-order valence-electron chi connectivity index (χ4n) is 1.95. The summed E-state index contributed by atoms with van der Waals surface area (Å²) in [5.41, 5.74) is 3.48. The van der Waals surface area contributed by atoms with Gasteiger partial charge in [0.05, 0.1) is 5.52 Å². The first-order valence-electron chi connectivity index (χ1n) is 5.64. The SMILES string of the molecule is c1cncc(Cc2cnc3ccccc3c2)c1. The van der Waals surface area contributed by atoms with Crippen molar-refractivity contribution in [3.63, 3.8) is 0 Å². The Balaban J connectivity index is 1.96. The van der Waals surface area contributed by atoms with Crippen molar-refractivity contribution in [3.05, 3.63) is 72.2 Å². The molecular weight excluding hydrogens is 208 g/mol. The quantitative estimate of drug-likeness (QED) is 0.662. The van der Waals surface area contributed by atoms with E-state index in [4.69, 9.17) is 0 Å². The number of fused-ring (bicyclic) bond motifs is 1. The van der Waals surface area contributed by atoms with Gasteiger partial charge in [-0.2, -0.15) is 0 Å². The van der Waals surface area contributed by atoms with Crippen LogP contribution in [-0.2, 0) is 6.42 Å². The summed E-state index contributed by atoms with van der Waals surface area (Å²) in [4.78, 5) is 8.58. The summed E-state index contributed by atoms with van der Waals surface area (Å²) in [5.74, 6) is 0. The summed E-state index contributed by atoms with van der Waals surface area (Å²) < 4.78 is 0. The molecule has 2 nitrogen and oxygen atoms in total. The van der Waals surface area contributed by atoms with Crippen LogP contribution in [0.15, 0.2) is 61.1 Å². The van der Waals surface area contributed by atoms with E-state index < -0.39 is 0 Å². The number of rotatable bonds is 2. The highest BCUT2D eigenvalue weighted by atomic mass is 14.6. The van der Waals surface area contributed by atoms with E-state index in [1.54, 1.807) is 6.20 Å². The van der Waals surface area contributed by atoms with Crippen LogP contribution < -0.4 is 0 Å². The molecule has 2 heterocycles. The molecule has 0 aliphatic rings. The summed E-state index contributed by atoms with van der Waals surface area (Å²) in [7, 11) is 0. The predicted molar refractivity (Wildman–Crippen MR) is 68.8 cm³/mol. The van der Waals surface area contributed by atoms with Crippen molar-refractivity contribution >= 4 is 10.9 Å². The zero-order valence-corrected chi connectivity index (χ0v) is 9.38. The molecule has 3 aromatic rings. The molecule has 0 amide bonds. The van der Waals surface area contributed by atoms with Gasteiger partial charge in [-0.1, -0.05) is 24.3 Å². The number of pyridine rings is 2. The molecule has 0 radical (unpaired) electrons. The molecule has 82 valence electrons. The smallest absolute Gasteiger partial charge is 0.0702 e. The third kappa shape index (κ3) is 2.16. The first-order chi connectivity index (χ1) is 8.42. The zero-order chi connectivity index (χ0) is 11.5. The van der Waals surface area contributed by atoms with Crippen LogP contribution in [0.2, 0.25) is 0 Å². The molecule has 0 N–H and O–H groups in total. The number of hydrogen-bond donors (Lipinski definition) is 0. The van der Waals surface area contributed by atoms with E-state index in [1.165, 1.54) is 16.5 Å². The Labute approximate surface area is 100.0 Å². The third-order valence-corrected chi connectivity index (χ3v) is 2.78. The second-order valence-electron chi connectivity index (χ2n) is 4.07. The van der Waals surface area contributed by atoms with Gasteiger partial charge in [0.25, 0.3) is 0 Å². The number of benzene rings is 1. The van der Waals surface area contributed by atoms with Crippen LogP contribution in [0.25, 0.3) is 10.9 Å². The van der Waals surface area contributed by atoms with Crippen LogP contribution in [0.4, 0.5) is 0 Å². The van der Waals surface area contributed by atoms with Crippen molar-refractivity contribution in [1.82, 2.24) is 9.97 Å². The normalized spacial score (nSPS) is 10.6. The van der Waals surface area contributed by atoms with E-state index in [-0.39, 0.29) is 0 Å². The maximum Gasteiger partial charge on any atom is 0.0702 e. The minimum atomic E-state index is 0.881. The van der Waals surface area contributed by atoms with Crippen LogP contribution in [0.5, 0.6) is 0 Å². The Morgan fingerprint density at radius 3 is 2.71 bits per heavy atom. The van der Waals surface area contributed by atoms with Crippen molar-refractivity contribution in [2.45, 2.75) is 6.42 Å². The van der Waals surface area contributed by atoms with Crippen LogP contribution in [-0.4, -0.2) is 9.97 Å². The first-order valence-corrected chi connectivity index (χ1v) is 5.64. The summed E-state index contributed by atoms with van der Waals surface area (Å²) >= 11 is 0. The lowest BCUT2D eigenvalue weighted by Crippen LogP contribution is -1.90. The maximum atomic E-state index is 4.46. The van der Waals surface area contributed by atoms with Gasteiger partial charge in [-0.05, 0) is 29.3 Å². The van der Waals surface area contributed by atoms with E-state index >= 15 is 0 Å². The molecule has 0 aliphatic carbocycles. The molecule has 0 aliphatic heterocycles. The van der Waals surface area contributed by atoms with Crippen molar-refractivity contribution in [2.24, 2.45) is 0 Å². The summed E-state index contributed by atoms with van der Waals surface area (Å²) in [6, 6.07) is 14.4. The van der Waals surface area contributed by atoms with Crippen molar-refractivity contribution < 1.29 is 0 Å². The second kappa shape index (κ2) is 4.34. The number of para-hydroxylation sites is 1. The first kappa shape index (κ1) is 9.97. The molecule has 0 fully saturated rings. The van der Waals surface area contributed by atoms with Gasteiger partial charge in [0, 0.05) is 30.4 Å². The molecule has 2 heteroatoms. The Hall–Kier alpha value is -2.22. The van der Waals surface area contributed by atoms with Crippen molar-refractivity contribution in [2.75, 3.05) is 0 Å². The van der Waals surface area contributed by atoms with Gasteiger partial charge in [-0.15, -0.1) is 0 Å². The molecule has 3 rings (SSSR count). The molecule has 0 saturated carbocycles. The Bertz CT molecular complexity index is 633. The maximum absolute atomic E-state index is 4.46. The Morgan fingerprint density at radius 1 is 0.882 bits per heavy atom. The topological polar surface area (TPSA) is 25.8 Å². The molecule has 0 atom stereocenters. The number of hydrogen-bond acceptors (Lipinski definition) is 2. The molecule has 2 aromatic heterocycles. The fraction of sp³-hybridized carbons (Fsp3) is 0.0667. The molecule has 0 spiro atoms. The third-order valence-electron chi connectivity index (χ3n) is 2.78. The summed E-state index contributed by atoms with van der Waals surface area (Å²) in [6.45, 7) is 0. The standard InChI is InChI=1S/C15H12N2/c1-2-6-15-14(5-1)9-13(11-17-15)8-12-4-3-7-16-10-12/h1-7,9-11H,8H2. The molecule has 1 aromatic carbocycles. The monoisotopic (exact) mass is 220 g/mol. The van der Waals surface area contributed by atoms with Crippen LogP contribution >= 0.6 is 0 Å². The Morgan fingerprint density at radius 2 is 1.82 bits per heavy atom. The highest BCUT2D eigenvalue weighted by molar-refractivity contribution is 5.78. The second-order valence-corrected chi connectivity index (χ2v) is 4.07. The van der Waals surface area contributed by atoms with Crippen LogP contribution in [0.1, 0.15) is 11.1 Å². The van der Waals surface area contributed by atoms with E-state index in [0.717, 1.165) is 11.9 Å². The summed E-state index contributed by atoms with van der Waals surface area (Å²) in [5, 5.41) is 1.19. The van der Waals surface area contributed by atoms with Gasteiger partial charge in [0.2, 0.25) is 0 Å². The Kier molecular flexibility index (Phi) is 2.54. The van der Waals surface area contributed by atoms with Crippen LogP contribution in [0, 0.1) is 0 Å². The zero-order valence-electron chi connectivity index (χ0n) is 9.38. The number of aromatic nitrogens is 2. The lowest BCUT2D eigenvalue weighted by molar-refractivity contribution is 1.13. The lowest BCUT2D eigenvalue weighted by Gasteiger charge is -2.03. The lowest BCUT2D eigenvalue weighted by atomic mass is 10.1. The predicted octanol–water partition coefficient (Wildman–Crippen LogP) is 3.22. The van der Waals surface area contributed by atoms with E-state index in [0.29, 0.717) is 0 Å². The van der Waals surface area contributed by atoms with Gasteiger partial charge in [-0.3, -0.25) is 9.97 Å². The minimum Gasteiger partial charge on any atom is -0.264 e. The number of nitrogens with zero attached hydrogens (tertiary/aromatic N) is 2. The average Bonchev–Trinajstić information content (AvgIpc) is 2.40. The largest absolute Gasteiger partial charge is 0.264 e. The van der Waals surface area contributed by atoms with Crippen molar-refractivity contribution in [1.29, 1.82) is 0 Å².